The summed E-state index contributed by atoms with van der Waals surface area (Å²) in [5.41, 5.74) is 5.26. The molecule has 3 rings (SSSR count). The van der Waals surface area contributed by atoms with Crippen LogP contribution in [-0.4, -0.2) is 40.1 Å². The molecule has 0 unspecified atom stereocenters. The summed E-state index contributed by atoms with van der Waals surface area (Å²) in [6, 6.07) is 13.1. The minimum absolute atomic E-state index is 0.185. The van der Waals surface area contributed by atoms with E-state index in [0.29, 0.717) is 6.04 Å². The first kappa shape index (κ1) is 21.0. The third kappa shape index (κ3) is 6.14. The second-order valence-electron chi connectivity index (χ2n) is 8.60. The third-order valence-electron chi connectivity index (χ3n) is 5.17. The Hall–Kier alpha value is -2.70. The largest absolute Gasteiger partial charge is 0.366 e. The van der Waals surface area contributed by atoms with Gasteiger partial charge in [0, 0.05) is 37.9 Å². The fourth-order valence-corrected chi connectivity index (χ4v) is 3.47. The Morgan fingerprint density at radius 1 is 1.24 bits per heavy atom. The van der Waals surface area contributed by atoms with Gasteiger partial charge in [0.05, 0.1) is 0 Å². The quantitative estimate of drug-likeness (QED) is 0.397. The van der Waals surface area contributed by atoms with E-state index in [1.54, 1.807) is 17.8 Å². The van der Waals surface area contributed by atoms with Gasteiger partial charge in [-0.2, -0.15) is 0 Å². The molecule has 3 N–H and O–H groups in total. The molecule has 1 atom stereocenters. The van der Waals surface area contributed by atoms with Gasteiger partial charge < -0.3 is 5.32 Å². The smallest absolute Gasteiger partial charge is 0.267 e. The highest BCUT2D eigenvalue weighted by Gasteiger charge is 2.22. The van der Waals surface area contributed by atoms with E-state index in [4.69, 9.17) is 5.21 Å². The van der Waals surface area contributed by atoms with E-state index in [2.05, 4.69) is 60.2 Å². The minimum Gasteiger partial charge on any atom is -0.366 e. The summed E-state index contributed by atoms with van der Waals surface area (Å²) in [5, 5.41) is 12.0. The molecule has 0 radical (unpaired) electrons. The number of anilines is 1. The van der Waals surface area contributed by atoms with Crippen LogP contribution in [0.2, 0.25) is 0 Å². The van der Waals surface area contributed by atoms with Gasteiger partial charge in [0.15, 0.2) is 0 Å². The summed E-state index contributed by atoms with van der Waals surface area (Å²) < 4.78 is 0. The molecule has 1 saturated heterocycles. The van der Waals surface area contributed by atoms with Gasteiger partial charge in [-0.1, -0.05) is 45.0 Å². The van der Waals surface area contributed by atoms with Crippen LogP contribution >= 0.6 is 0 Å². The van der Waals surface area contributed by atoms with Crippen LogP contribution in [0, 0.1) is 0 Å². The monoisotopic (exact) mass is 394 g/mol. The van der Waals surface area contributed by atoms with Crippen LogP contribution in [0.15, 0.2) is 48.7 Å². The van der Waals surface area contributed by atoms with Crippen molar-refractivity contribution < 1.29 is 10.0 Å². The Balaban J connectivity index is 1.49. The number of hydrogen-bond donors (Lipinski definition) is 3. The Morgan fingerprint density at radius 2 is 2.00 bits per heavy atom. The van der Waals surface area contributed by atoms with Crippen LogP contribution < -0.4 is 10.8 Å². The lowest BCUT2D eigenvalue weighted by molar-refractivity contribution is -0.124. The Bertz CT molecular complexity index is 839. The van der Waals surface area contributed by atoms with Crippen LogP contribution in [0.1, 0.15) is 43.9 Å². The number of aromatic nitrogens is 1. The summed E-state index contributed by atoms with van der Waals surface area (Å²) in [7, 11) is 0. The molecule has 2 heterocycles. The van der Waals surface area contributed by atoms with E-state index in [9.17, 15) is 4.79 Å². The fraction of sp³-hybridized carbons (Fsp3) is 0.391. The van der Waals surface area contributed by atoms with E-state index >= 15 is 0 Å². The van der Waals surface area contributed by atoms with Crippen LogP contribution in [0.4, 0.5) is 5.82 Å². The van der Waals surface area contributed by atoms with Crippen molar-refractivity contribution in [1.29, 1.82) is 0 Å². The van der Waals surface area contributed by atoms with Gasteiger partial charge in [-0.05, 0) is 46.7 Å². The van der Waals surface area contributed by atoms with Crippen molar-refractivity contribution in [2.45, 2.75) is 45.2 Å². The van der Waals surface area contributed by atoms with E-state index in [-0.39, 0.29) is 5.41 Å². The molecule has 1 amide bonds. The molecule has 1 aromatic carbocycles. The van der Waals surface area contributed by atoms with Gasteiger partial charge in [0.1, 0.15) is 5.82 Å². The van der Waals surface area contributed by atoms with Crippen molar-refractivity contribution in [2.75, 3.05) is 18.4 Å². The number of carbonyl (C=O) groups excluding carboxylic acids is 1. The molecule has 1 aliphatic rings. The van der Waals surface area contributed by atoms with Crippen molar-refractivity contribution in [2.24, 2.45) is 0 Å². The number of amides is 1. The van der Waals surface area contributed by atoms with Gasteiger partial charge in [0.2, 0.25) is 0 Å². The van der Waals surface area contributed by atoms with Crippen molar-refractivity contribution in [1.82, 2.24) is 15.4 Å². The molecule has 6 heteroatoms. The van der Waals surface area contributed by atoms with Crippen molar-refractivity contribution in [3.8, 4) is 0 Å². The number of pyridine rings is 1. The summed E-state index contributed by atoms with van der Waals surface area (Å²) in [4.78, 5) is 17.9. The van der Waals surface area contributed by atoms with Crippen LogP contribution in [0.3, 0.4) is 0 Å². The molecule has 1 fully saturated rings. The number of carbonyl (C=O) groups is 1. The van der Waals surface area contributed by atoms with E-state index in [1.807, 2.05) is 12.1 Å². The molecule has 1 aromatic heterocycles. The number of nitrogens with one attached hydrogen (secondary N) is 2. The molecule has 1 aliphatic heterocycles. The maximum atomic E-state index is 11.0. The summed E-state index contributed by atoms with van der Waals surface area (Å²) in [6.45, 7) is 9.73. The van der Waals surface area contributed by atoms with Crippen molar-refractivity contribution in [3.05, 3.63) is 65.4 Å². The Morgan fingerprint density at radius 3 is 2.62 bits per heavy atom. The number of rotatable bonds is 6. The van der Waals surface area contributed by atoms with Gasteiger partial charge >= 0.3 is 0 Å². The van der Waals surface area contributed by atoms with Crippen molar-refractivity contribution >= 4 is 17.8 Å². The first-order valence-electron chi connectivity index (χ1n) is 10.00. The molecular formula is C23H30N4O2. The molecule has 29 heavy (non-hydrogen) atoms. The van der Waals surface area contributed by atoms with Crippen LogP contribution in [-0.2, 0) is 16.8 Å². The molecule has 154 valence electrons. The predicted octanol–water partition coefficient (Wildman–Crippen LogP) is 3.58. The molecule has 0 bridgehead atoms. The zero-order valence-corrected chi connectivity index (χ0v) is 17.4. The predicted molar refractivity (Wildman–Crippen MR) is 116 cm³/mol. The topological polar surface area (TPSA) is 77.5 Å². The lowest BCUT2D eigenvalue weighted by Gasteiger charge is -2.20. The molecule has 0 aliphatic carbocycles. The van der Waals surface area contributed by atoms with Gasteiger partial charge in [-0.25, -0.2) is 10.5 Å². The Labute approximate surface area is 172 Å². The average Bonchev–Trinajstić information content (AvgIpc) is 3.13. The normalized spacial score (nSPS) is 17.6. The zero-order chi connectivity index (χ0) is 20.9. The first-order valence-corrected chi connectivity index (χ1v) is 10.00. The standard InChI is InChI=1S/C23H30N4O2/c1-23(2,3)19-8-4-18(5-9-19)15-27-13-12-20(16-27)25-21-10-6-17(14-24-21)7-11-22(28)26-29/h4-11,14,20,29H,12-13,15-16H2,1-3H3,(H,24,25)(H,26,28)/t20-/m1/s1. The molecule has 6 nitrogen and oxygen atoms in total. The van der Waals surface area contributed by atoms with E-state index in [0.717, 1.165) is 37.4 Å². The van der Waals surface area contributed by atoms with Gasteiger partial charge in [-0.3, -0.25) is 14.9 Å². The third-order valence-corrected chi connectivity index (χ3v) is 5.17. The number of hydrogen-bond acceptors (Lipinski definition) is 5. The van der Waals surface area contributed by atoms with E-state index < -0.39 is 5.91 Å². The number of benzene rings is 1. The maximum absolute atomic E-state index is 11.0. The van der Waals surface area contributed by atoms with Gasteiger partial charge in [0.25, 0.3) is 5.91 Å². The van der Waals surface area contributed by atoms with Crippen LogP contribution in [0.25, 0.3) is 6.08 Å². The van der Waals surface area contributed by atoms with Crippen LogP contribution in [0.5, 0.6) is 0 Å². The first-order chi connectivity index (χ1) is 13.8. The zero-order valence-electron chi connectivity index (χ0n) is 17.4. The highest BCUT2D eigenvalue weighted by atomic mass is 16.5. The summed E-state index contributed by atoms with van der Waals surface area (Å²) in [5.74, 6) is 0.265. The van der Waals surface area contributed by atoms with Gasteiger partial charge in [-0.15, -0.1) is 0 Å². The van der Waals surface area contributed by atoms with E-state index in [1.165, 1.54) is 17.2 Å². The Kier molecular flexibility index (Phi) is 6.67. The fourth-order valence-electron chi connectivity index (χ4n) is 3.47. The average molecular weight is 395 g/mol. The maximum Gasteiger partial charge on any atom is 0.267 e. The molecule has 0 spiro atoms. The second kappa shape index (κ2) is 9.20. The highest BCUT2D eigenvalue weighted by Crippen LogP contribution is 2.23. The molecule has 0 saturated carbocycles. The second-order valence-corrected chi connectivity index (χ2v) is 8.60. The lowest BCUT2D eigenvalue weighted by Crippen LogP contribution is -2.26. The SMILES string of the molecule is CC(C)(C)c1ccc(CN2CC[C@@H](Nc3ccc(C=CC(=O)NO)cn3)C2)cc1. The molecule has 2 aromatic rings. The summed E-state index contributed by atoms with van der Waals surface area (Å²) >= 11 is 0. The summed E-state index contributed by atoms with van der Waals surface area (Å²) in [6.07, 6.45) is 5.64. The van der Waals surface area contributed by atoms with Crippen molar-refractivity contribution in [3.63, 3.8) is 0 Å². The minimum atomic E-state index is -0.564. The highest BCUT2D eigenvalue weighted by molar-refractivity contribution is 5.90. The number of hydroxylamine groups is 1. The number of nitrogens with zero attached hydrogens (tertiary/aromatic N) is 2. The number of likely N-dealkylation sites (tertiary alicyclic amines) is 1. The lowest BCUT2D eigenvalue weighted by atomic mass is 9.87. The molecular weight excluding hydrogens is 364 g/mol.